The van der Waals surface area contributed by atoms with Crippen LogP contribution in [0.25, 0.3) is 0 Å². The molecule has 0 spiro atoms. The Bertz CT molecular complexity index is 157. The third-order valence-corrected chi connectivity index (χ3v) is 3.04. The van der Waals surface area contributed by atoms with E-state index in [0.29, 0.717) is 5.92 Å². The first kappa shape index (κ1) is 8.24. The predicted octanol–water partition coefficient (Wildman–Crippen LogP) is 1.31. The van der Waals surface area contributed by atoms with Gasteiger partial charge in [0.25, 0.3) is 0 Å². The first-order chi connectivity index (χ1) is 5.88. The van der Waals surface area contributed by atoms with E-state index in [-0.39, 0.29) is 0 Å². The summed E-state index contributed by atoms with van der Waals surface area (Å²) in [6, 6.07) is 0. The highest BCUT2D eigenvalue weighted by molar-refractivity contribution is 5.53. The third-order valence-electron chi connectivity index (χ3n) is 3.04. The van der Waals surface area contributed by atoms with Crippen LogP contribution in [0, 0.1) is 11.8 Å². The van der Waals surface area contributed by atoms with Crippen molar-refractivity contribution in [2.24, 2.45) is 11.8 Å². The molecule has 68 valence electrons. The van der Waals surface area contributed by atoms with E-state index in [2.05, 4.69) is 4.90 Å². The molecule has 2 nitrogen and oxygen atoms in total. The zero-order valence-electron chi connectivity index (χ0n) is 7.54. The minimum absolute atomic E-state index is 0.362. The fraction of sp³-hybridized carbons (Fsp3) is 0.900. The summed E-state index contributed by atoms with van der Waals surface area (Å²) in [7, 11) is 0. The van der Waals surface area contributed by atoms with Gasteiger partial charge >= 0.3 is 0 Å². The normalized spacial score (nSPS) is 27.3. The molecule has 1 aliphatic carbocycles. The standard InChI is InChI=1S/C10H17NO/c12-8-10-3-5-11(6-4-10)7-9-1-2-9/h8-10H,1-7H2. The molecule has 2 fully saturated rings. The number of likely N-dealkylation sites (tertiary alicyclic amines) is 1. The molecule has 1 heterocycles. The largest absolute Gasteiger partial charge is 0.303 e. The van der Waals surface area contributed by atoms with Crippen LogP contribution < -0.4 is 0 Å². The summed E-state index contributed by atoms with van der Waals surface area (Å²) in [4.78, 5) is 13.0. The molecule has 1 aliphatic heterocycles. The number of carbonyl (C=O) groups is 1. The topological polar surface area (TPSA) is 20.3 Å². The average Bonchev–Trinajstić information content (AvgIpc) is 2.90. The van der Waals surface area contributed by atoms with Crippen LogP contribution in [0.15, 0.2) is 0 Å². The van der Waals surface area contributed by atoms with Crippen LogP contribution in [0.2, 0.25) is 0 Å². The summed E-state index contributed by atoms with van der Waals surface area (Å²) in [6.07, 6.45) is 6.20. The molecular weight excluding hydrogens is 150 g/mol. The maximum Gasteiger partial charge on any atom is 0.123 e. The molecule has 1 saturated heterocycles. The molecule has 2 aliphatic rings. The van der Waals surface area contributed by atoms with Gasteiger partial charge in [-0.15, -0.1) is 0 Å². The summed E-state index contributed by atoms with van der Waals surface area (Å²) >= 11 is 0. The molecule has 2 heteroatoms. The number of hydrogen-bond donors (Lipinski definition) is 0. The summed E-state index contributed by atoms with van der Waals surface area (Å²) in [5.41, 5.74) is 0. The van der Waals surface area contributed by atoms with E-state index >= 15 is 0 Å². The maximum absolute atomic E-state index is 10.5. The summed E-state index contributed by atoms with van der Waals surface area (Å²) < 4.78 is 0. The van der Waals surface area contributed by atoms with E-state index < -0.39 is 0 Å². The van der Waals surface area contributed by atoms with Gasteiger partial charge < -0.3 is 9.69 Å². The number of rotatable bonds is 3. The van der Waals surface area contributed by atoms with Gasteiger partial charge in [-0.05, 0) is 44.7 Å². The lowest BCUT2D eigenvalue weighted by Crippen LogP contribution is -2.35. The molecule has 1 saturated carbocycles. The zero-order chi connectivity index (χ0) is 8.39. The average molecular weight is 167 g/mol. The molecule has 0 unspecified atom stereocenters. The highest BCUT2D eigenvalue weighted by Gasteiger charge is 2.26. The van der Waals surface area contributed by atoms with Crippen LogP contribution in [0.5, 0.6) is 0 Å². The Balaban J connectivity index is 1.70. The van der Waals surface area contributed by atoms with Crippen molar-refractivity contribution >= 4 is 6.29 Å². The van der Waals surface area contributed by atoms with Gasteiger partial charge in [0.05, 0.1) is 0 Å². The number of aldehydes is 1. The molecule has 0 bridgehead atoms. The summed E-state index contributed by atoms with van der Waals surface area (Å²) in [6.45, 7) is 3.60. The van der Waals surface area contributed by atoms with Crippen molar-refractivity contribution in [1.82, 2.24) is 4.90 Å². The Morgan fingerprint density at radius 2 is 1.83 bits per heavy atom. The summed E-state index contributed by atoms with van der Waals surface area (Å²) in [5.74, 6) is 1.36. The Morgan fingerprint density at radius 3 is 2.33 bits per heavy atom. The molecular formula is C10H17NO. The SMILES string of the molecule is O=CC1CCN(CC2CC2)CC1. The predicted molar refractivity (Wildman–Crippen MR) is 48.0 cm³/mol. The van der Waals surface area contributed by atoms with Crippen molar-refractivity contribution in [3.8, 4) is 0 Å². The molecule has 0 aromatic heterocycles. The minimum atomic E-state index is 0.362. The molecule has 0 atom stereocenters. The van der Waals surface area contributed by atoms with Crippen molar-refractivity contribution in [2.75, 3.05) is 19.6 Å². The molecule has 0 amide bonds. The van der Waals surface area contributed by atoms with Gasteiger partial charge in [-0.3, -0.25) is 0 Å². The van der Waals surface area contributed by atoms with Gasteiger partial charge in [0.2, 0.25) is 0 Å². The number of hydrogen-bond acceptors (Lipinski definition) is 2. The highest BCUT2D eigenvalue weighted by atomic mass is 16.1. The Labute approximate surface area is 73.9 Å². The van der Waals surface area contributed by atoms with E-state index in [9.17, 15) is 4.79 Å². The number of nitrogens with zero attached hydrogens (tertiary/aromatic N) is 1. The van der Waals surface area contributed by atoms with Crippen molar-refractivity contribution < 1.29 is 4.79 Å². The Hall–Kier alpha value is -0.370. The molecule has 12 heavy (non-hydrogen) atoms. The molecule has 0 N–H and O–H groups in total. The van der Waals surface area contributed by atoms with Gasteiger partial charge in [-0.2, -0.15) is 0 Å². The lowest BCUT2D eigenvalue weighted by atomic mass is 9.98. The van der Waals surface area contributed by atoms with Gasteiger partial charge in [-0.25, -0.2) is 0 Å². The van der Waals surface area contributed by atoms with E-state index in [1.807, 2.05) is 0 Å². The van der Waals surface area contributed by atoms with Crippen LogP contribution in [0.3, 0.4) is 0 Å². The van der Waals surface area contributed by atoms with E-state index in [1.54, 1.807) is 0 Å². The Morgan fingerprint density at radius 1 is 1.17 bits per heavy atom. The smallest absolute Gasteiger partial charge is 0.123 e. The van der Waals surface area contributed by atoms with Crippen LogP contribution >= 0.6 is 0 Å². The highest BCUT2D eigenvalue weighted by Crippen LogP contribution is 2.30. The molecule has 0 radical (unpaired) electrons. The second kappa shape index (κ2) is 3.56. The fourth-order valence-electron chi connectivity index (χ4n) is 1.94. The van der Waals surface area contributed by atoms with Gasteiger partial charge in [0.15, 0.2) is 0 Å². The quantitative estimate of drug-likeness (QED) is 0.591. The van der Waals surface area contributed by atoms with Crippen molar-refractivity contribution in [3.05, 3.63) is 0 Å². The lowest BCUT2D eigenvalue weighted by molar-refractivity contribution is -0.112. The van der Waals surface area contributed by atoms with Crippen molar-refractivity contribution in [2.45, 2.75) is 25.7 Å². The molecule has 0 aromatic rings. The number of piperidine rings is 1. The van der Waals surface area contributed by atoms with Crippen LogP contribution in [-0.4, -0.2) is 30.8 Å². The van der Waals surface area contributed by atoms with Gasteiger partial charge in [0, 0.05) is 12.5 Å². The van der Waals surface area contributed by atoms with Crippen molar-refractivity contribution in [3.63, 3.8) is 0 Å². The van der Waals surface area contributed by atoms with Crippen LogP contribution in [-0.2, 0) is 4.79 Å². The van der Waals surface area contributed by atoms with Crippen LogP contribution in [0.4, 0.5) is 0 Å². The minimum Gasteiger partial charge on any atom is -0.303 e. The second-order valence-electron chi connectivity index (χ2n) is 4.22. The second-order valence-corrected chi connectivity index (χ2v) is 4.22. The van der Waals surface area contributed by atoms with E-state index in [1.165, 1.54) is 19.4 Å². The Kier molecular flexibility index (Phi) is 2.45. The van der Waals surface area contributed by atoms with Gasteiger partial charge in [0.1, 0.15) is 6.29 Å². The monoisotopic (exact) mass is 167 g/mol. The summed E-state index contributed by atoms with van der Waals surface area (Å²) in [5, 5.41) is 0. The molecule has 0 aromatic carbocycles. The van der Waals surface area contributed by atoms with Gasteiger partial charge in [-0.1, -0.05) is 0 Å². The first-order valence-corrected chi connectivity index (χ1v) is 5.06. The molecule has 2 rings (SSSR count). The van der Waals surface area contributed by atoms with E-state index in [0.717, 1.165) is 38.1 Å². The number of carbonyl (C=O) groups excluding carboxylic acids is 1. The zero-order valence-corrected chi connectivity index (χ0v) is 7.54. The maximum atomic E-state index is 10.5. The third kappa shape index (κ3) is 2.07. The van der Waals surface area contributed by atoms with Crippen LogP contribution in [0.1, 0.15) is 25.7 Å². The van der Waals surface area contributed by atoms with E-state index in [4.69, 9.17) is 0 Å². The lowest BCUT2D eigenvalue weighted by Gasteiger charge is -2.29. The first-order valence-electron chi connectivity index (χ1n) is 5.06. The fourth-order valence-corrected chi connectivity index (χ4v) is 1.94. The van der Waals surface area contributed by atoms with Crippen molar-refractivity contribution in [1.29, 1.82) is 0 Å².